The number of aromatic nitrogens is 3. The number of anilines is 2. The first kappa shape index (κ1) is 28.2. The topological polar surface area (TPSA) is 100 Å². The van der Waals surface area contributed by atoms with Crippen molar-refractivity contribution in [2.24, 2.45) is 0 Å². The van der Waals surface area contributed by atoms with Gasteiger partial charge in [-0.25, -0.2) is 27.8 Å². The molecule has 0 aliphatic heterocycles. The minimum absolute atomic E-state index is 0.0348. The largest absolute Gasteiger partial charge is 0.351 e. The third-order valence-electron chi connectivity index (χ3n) is 7.43. The minimum atomic E-state index is -4.11. The van der Waals surface area contributed by atoms with Crippen molar-refractivity contribution in [1.29, 1.82) is 0 Å². The van der Waals surface area contributed by atoms with Gasteiger partial charge in [0.1, 0.15) is 4.90 Å². The van der Waals surface area contributed by atoms with E-state index in [-0.39, 0.29) is 9.92 Å². The van der Waals surface area contributed by atoms with Crippen LogP contribution in [0.3, 0.4) is 0 Å². The van der Waals surface area contributed by atoms with E-state index in [1.165, 1.54) is 30.5 Å². The Labute approximate surface area is 239 Å². The number of nitrogens with one attached hydrogen (secondary N) is 2. The summed E-state index contributed by atoms with van der Waals surface area (Å²) in [5, 5.41) is 4.38. The van der Waals surface area contributed by atoms with Crippen LogP contribution in [0.1, 0.15) is 38.2 Å². The molecule has 0 spiro atoms. The molecule has 11 heteroatoms. The van der Waals surface area contributed by atoms with Gasteiger partial charge in [-0.3, -0.25) is 4.72 Å². The number of aryl methyl sites for hydroxylation is 1. The molecule has 8 nitrogen and oxygen atoms in total. The minimum Gasteiger partial charge on any atom is -0.351 e. The van der Waals surface area contributed by atoms with Crippen LogP contribution in [-0.4, -0.2) is 54.4 Å². The Morgan fingerprint density at radius 3 is 2.45 bits per heavy atom. The molecule has 40 heavy (non-hydrogen) atoms. The van der Waals surface area contributed by atoms with E-state index in [0.29, 0.717) is 23.6 Å². The first-order chi connectivity index (χ1) is 19.1. The molecule has 0 radical (unpaired) electrons. The molecule has 1 fully saturated rings. The molecule has 210 valence electrons. The average molecular weight is 583 g/mol. The summed E-state index contributed by atoms with van der Waals surface area (Å²) in [4.78, 5) is 15.6. The molecule has 2 N–H and O–H groups in total. The zero-order valence-electron chi connectivity index (χ0n) is 22.7. The van der Waals surface area contributed by atoms with Crippen LogP contribution >= 0.6 is 11.6 Å². The summed E-state index contributed by atoms with van der Waals surface area (Å²) >= 11 is 6.02. The van der Waals surface area contributed by atoms with Gasteiger partial charge in [-0.05, 0) is 87.7 Å². The van der Waals surface area contributed by atoms with E-state index in [1.807, 2.05) is 19.1 Å². The number of rotatable bonds is 8. The van der Waals surface area contributed by atoms with Gasteiger partial charge in [0.2, 0.25) is 5.95 Å². The summed E-state index contributed by atoms with van der Waals surface area (Å²) in [6.07, 6.45) is 8.39. The smallest absolute Gasteiger partial charge is 0.264 e. The van der Waals surface area contributed by atoms with Crippen molar-refractivity contribution in [2.45, 2.75) is 56.0 Å². The summed E-state index contributed by atoms with van der Waals surface area (Å²) in [5.41, 5.74) is 3.10. The normalized spacial score (nSPS) is 17.8. The van der Waals surface area contributed by atoms with Crippen molar-refractivity contribution in [1.82, 2.24) is 19.9 Å². The van der Waals surface area contributed by atoms with Gasteiger partial charge in [-0.2, -0.15) is 0 Å². The van der Waals surface area contributed by atoms with Gasteiger partial charge in [0.25, 0.3) is 10.0 Å². The Morgan fingerprint density at radius 2 is 1.77 bits per heavy atom. The lowest BCUT2D eigenvalue weighted by Gasteiger charge is -2.32. The molecule has 2 aromatic heterocycles. The lowest BCUT2D eigenvalue weighted by atomic mass is 9.90. The zero-order valence-corrected chi connectivity index (χ0v) is 24.2. The number of nitrogens with zero attached hydrogens (tertiary/aromatic N) is 4. The molecule has 2 heterocycles. The van der Waals surface area contributed by atoms with E-state index in [9.17, 15) is 8.42 Å². The fourth-order valence-electron chi connectivity index (χ4n) is 5.16. The molecule has 0 atom stereocenters. The van der Waals surface area contributed by atoms with Gasteiger partial charge in [0, 0.05) is 35.4 Å². The molecule has 1 aliphatic rings. The molecular formula is C29H32ClFN6O2S. The summed E-state index contributed by atoms with van der Waals surface area (Å²) < 4.78 is 42.7. The SMILES string of the molecule is CCc1cc(-c2cnc(NS(=O)(=O)c3ccccc3Cl)c(F)c2)cc2cnc(NC3CCC(N(C)C)CC3)nc12. The van der Waals surface area contributed by atoms with Crippen molar-refractivity contribution >= 4 is 44.3 Å². The van der Waals surface area contributed by atoms with E-state index in [4.69, 9.17) is 16.6 Å². The van der Waals surface area contributed by atoms with Crippen molar-refractivity contribution in [2.75, 3.05) is 24.1 Å². The van der Waals surface area contributed by atoms with E-state index in [1.54, 1.807) is 12.3 Å². The molecule has 0 amide bonds. The summed E-state index contributed by atoms with van der Waals surface area (Å²) in [6, 6.07) is 12.0. The fraction of sp³-hybridized carbons (Fsp3) is 0.345. The van der Waals surface area contributed by atoms with E-state index >= 15 is 4.39 Å². The lowest BCUT2D eigenvalue weighted by molar-refractivity contribution is 0.221. The highest BCUT2D eigenvalue weighted by Gasteiger charge is 2.23. The zero-order chi connectivity index (χ0) is 28.4. The number of pyridine rings is 1. The molecular weight excluding hydrogens is 551 g/mol. The molecule has 0 saturated heterocycles. The second-order valence-corrected chi connectivity index (χ2v) is 12.4. The van der Waals surface area contributed by atoms with Crippen molar-refractivity contribution in [3.63, 3.8) is 0 Å². The second kappa shape index (κ2) is 11.6. The van der Waals surface area contributed by atoms with Gasteiger partial charge in [0.05, 0.1) is 10.5 Å². The van der Waals surface area contributed by atoms with E-state index < -0.39 is 21.7 Å². The van der Waals surface area contributed by atoms with Gasteiger partial charge >= 0.3 is 0 Å². The first-order valence-electron chi connectivity index (χ1n) is 13.3. The van der Waals surface area contributed by atoms with Crippen molar-refractivity contribution in [3.8, 4) is 11.1 Å². The van der Waals surface area contributed by atoms with Gasteiger partial charge in [-0.1, -0.05) is 30.7 Å². The Bertz CT molecular complexity index is 1640. The number of halogens is 2. The van der Waals surface area contributed by atoms with E-state index in [2.05, 4.69) is 39.0 Å². The van der Waals surface area contributed by atoms with Crippen molar-refractivity contribution in [3.05, 3.63) is 71.3 Å². The summed E-state index contributed by atoms with van der Waals surface area (Å²) in [5.74, 6) is -0.587. The Kier molecular flexibility index (Phi) is 8.21. The third-order valence-corrected chi connectivity index (χ3v) is 9.27. The van der Waals surface area contributed by atoms with Crippen LogP contribution in [0.2, 0.25) is 5.02 Å². The van der Waals surface area contributed by atoms with Crippen LogP contribution in [0.5, 0.6) is 0 Å². The van der Waals surface area contributed by atoms with Crippen LogP contribution in [0.15, 0.2) is 59.8 Å². The monoisotopic (exact) mass is 582 g/mol. The Balaban J connectivity index is 1.37. The van der Waals surface area contributed by atoms with Crippen molar-refractivity contribution < 1.29 is 12.8 Å². The van der Waals surface area contributed by atoms with E-state index in [0.717, 1.165) is 54.1 Å². The summed E-state index contributed by atoms with van der Waals surface area (Å²) in [7, 11) is 0.152. The standard InChI is InChI=1S/C29H32ClFN6O2S/c1-4-18-13-19(14-21-17-33-29(35-27(18)21)34-22-9-11-23(12-10-22)37(2)3)20-15-25(31)28(32-16-20)36-40(38,39)26-8-6-5-7-24(26)30/h5-8,13-17,22-23H,4,9-12H2,1-3H3,(H,32,36)(H,33,34,35). The fourth-order valence-corrected chi connectivity index (χ4v) is 6.70. The van der Waals surface area contributed by atoms with Crippen LogP contribution < -0.4 is 10.0 Å². The highest BCUT2D eigenvalue weighted by atomic mass is 35.5. The lowest BCUT2D eigenvalue weighted by Crippen LogP contribution is -2.36. The molecule has 0 unspecified atom stereocenters. The number of sulfonamides is 1. The molecule has 1 aliphatic carbocycles. The second-order valence-electron chi connectivity index (χ2n) is 10.3. The number of hydrogen-bond acceptors (Lipinski definition) is 7. The number of benzene rings is 2. The van der Waals surface area contributed by atoms with Gasteiger partial charge < -0.3 is 10.2 Å². The third kappa shape index (κ3) is 6.04. The number of hydrogen-bond donors (Lipinski definition) is 2. The van der Waals surface area contributed by atoms with Crippen LogP contribution in [0.4, 0.5) is 16.2 Å². The maximum Gasteiger partial charge on any atom is 0.264 e. The van der Waals surface area contributed by atoms with Crippen LogP contribution in [-0.2, 0) is 16.4 Å². The maximum absolute atomic E-state index is 15.1. The molecule has 4 aromatic rings. The highest BCUT2D eigenvalue weighted by Crippen LogP contribution is 2.31. The molecule has 1 saturated carbocycles. The average Bonchev–Trinajstić information content (AvgIpc) is 2.94. The molecule has 5 rings (SSSR count). The first-order valence-corrected chi connectivity index (χ1v) is 15.2. The molecule has 0 bridgehead atoms. The number of fused-ring (bicyclic) bond motifs is 1. The predicted molar refractivity (Wildman–Crippen MR) is 158 cm³/mol. The van der Waals surface area contributed by atoms with Gasteiger partial charge in [-0.15, -0.1) is 0 Å². The van der Waals surface area contributed by atoms with Crippen LogP contribution in [0.25, 0.3) is 22.0 Å². The van der Waals surface area contributed by atoms with Crippen LogP contribution in [0, 0.1) is 5.82 Å². The van der Waals surface area contributed by atoms with Gasteiger partial charge in [0.15, 0.2) is 11.6 Å². The predicted octanol–water partition coefficient (Wildman–Crippen LogP) is 6.13. The molecule has 2 aromatic carbocycles. The Hall–Kier alpha value is -3.34. The maximum atomic E-state index is 15.1. The highest BCUT2D eigenvalue weighted by molar-refractivity contribution is 7.92. The Morgan fingerprint density at radius 1 is 1.02 bits per heavy atom. The summed E-state index contributed by atoms with van der Waals surface area (Å²) in [6.45, 7) is 2.04. The quantitative estimate of drug-likeness (QED) is 0.258.